The van der Waals surface area contributed by atoms with E-state index in [1.165, 1.54) is 24.3 Å². The molecule has 0 unspecified atom stereocenters. The number of hydrogen-bond acceptors (Lipinski definition) is 8. The smallest absolute Gasteiger partial charge is 0.328 e. The fourth-order valence-electron chi connectivity index (χ4n) is 2.19. The topological polar surface area (TPSA) is 157 Å². The normalized spacial score (nSPS) is 30.4. The van der Waals surface area contributed by atoms with Gasteiger partial charge >= 0.3 is 5.97 Å². The Hall–Kier alpha value is -2.17. The molecule has 0 radical (unpaired) electrons. The third-order valence-corrected chi connectivity index (χ3v) is 3.49. The van der Waals surface area contributed by atoms with E-state index in [-0.39, 0.29) is 11.5 Å². The summed E-state index contributed by atoms with van der Waals surface area (Å²) in [6, 6.07) is 3.99. The number of aliphatic hydroxyl groups is 4. The Morgan fingerprint density at radius 2 is 1.92 bits per heavy atom. The van der Waals surface area contributed by atoms with Crippen LogP contribution < -0.4 is 4.74 Å². The highest BCUT2D eigenvalue weighted by Gasteiger charge is 2.44. The molecular weight excluding hydrogens is 324 g/mol. The zero-order valence-corrected chi connectivity index (χ0v) is 12.4. The number of rotatable bonds is 5. The molecule has 1 aromatic rings. The molecule has 0 saturated carbocycles. The fraction of sp³-hybridized carbons (Fsp3) is 0.400. The van der Waals surface area contributed by atoms with Gasteiger partial charge in [0.05, 0.1) is 6.61 Å². The minimum Gasteiger partial charge on any atom is -0.504 e. The van der Waals surface area contributed by atoms with E-state index in [0.29, 0.717) is 5.56 Å². The van der Waals surface area contributed by atoms with E-state index in [1.807, 2.05) is 0 Å². The Morgan fingerprint density at radius 1 is 1.21 bits per heavy atom. The van der Waals surface area contributed by atoms with Gasteiger partial charge in [-0.2, -0.15) is 0 Å². The number of aliphatic carboxylic acids is 1. The van der Waals surface area contributed by atoms with Gasteiger partial charge in [-0.25, -0.2) is 4.79 Å². The maximum Gasteiger partial charge on any atom is 0.328 e. The molecule has 1 fully saturated rings. The summed E-state index contributed by atoms with van der Waals surface area (Å²) in [6.45, 7) is -0.613. The van der Waals surface area contributed by atoms with Gasteiger partial charge in [-0.1, -0.05) is 6.07 Å². The van der Waals surface area contributed by atoms with Crippen molar-refractivity contribution in [3.8, 4) is 11.5 Å². The molecule has 1 aliphatic rings. The lowest BCUT2D eigenvalue weighted by atomic mass is 9.99. The zero-order chi connectivity index (χ0) is 17.9. The highest BCUT2D eigenvalue weighted by atomic mass is 16.7. The van der Waals surface area contributed by atoms with E-state index >= 15 is 0 Å². The Labute approximate surface area is 136 Å². The molecular formula is C15H18O9. The first-order valence-corrected chi connectivity index (χ1v) is 7.04. The molecule has 132 valence electrons. The van der Waals surface area contributed by atoms with E-state index in [9.17, 15) is 25.2 Å². The van der Waals surface area contributed by atoms with Crippen LogP contribution in [0.25, 0.3) is 6.08 Å². The second-order valence-corrected chi connectivity index (χ2v) is 5.21. The maximum absolute atomic E-state index is 10.5. The number of carboxylic acid groups (broad SMARTS) is 1. The third-order valence-electron chi connectivity index (χ3n) is 3.49. The largest absolute Gasteiger partial charge is 0.504 e. The van der Waals surface area contributed by atoms with Gasteiger partial charge in [0.1, 0.15) is 24.4 Å². The average Bonchev–Trinajstić information content (AvgIpc) is 2.55. The number of hydrogen-bond donors (Lipinski definition) is 6. The number of aromatic hydroxyl groups is 1. The summed E-state index contributed by atoms with van der Waals surface area (Å²) in [4.78, 5) is 10.5. The molecule has 0 aliphatic carbocycles. The average molecular weight is 342 g/mol. The first-order valence-electron chi connectivity index (χ1n) is 7.04. The van der Waals surface area contributed by atoms with Gasteiger partial charge < -0.3 is 40.1 Å². The van der Waals surface area contributed by atoms with E-state index in [2.05, 4.69) is 0 Å². The van der Waals surface area contributed by atoms with E-state index in [1.54, 1.807) is 0 Å². The zero-order valence-electron chi connectivity index (χ0n) is 12.4. The van der Waals surface area contributed by atoms with Crippen LogP contribution in [0.4, 0.5) is 0 Å². The van der Waals surface area contributed by atoms with Crippen molar-refractivity contribution in [2.24, 2.45) is 0 Å². The highest BCUT2D eigenvalue weighted by molar-refractivity contribution is 5.85. The lowest BCUT2D eigenvalue weighted by molar-refractivity contribution is -0.277. The molecule has 0 bridgehead atoms. The quantitative estimate of drug-likeness (QED) is 0.357. The number of phenols is 1. The number of phenolic OH excluding ortho intramolecular Hbond substituents is 1. The van der Waals surface area contributed by atoms with Crippen molar-refractivity contribution in [1.29, 1.82) is 0 Å². The summed E-state index contributed by atoms with van der Waals surface area (Å²) >= 11 is 0. The fourth-order valence-corrected chi connectivity index (χ4v) is 2.19. The van der Waals surface area contributed by atoms with Crippen molar-refractivity contribution >= 4 is 12.0 Å². The summed E-state index contributed by atoms with van der Waals surface area (Å²) in [7, 11) is 0. The van der Waals surface area contributed by atoms with Crippen LogP contribution in [-0.2, 0) is 9.53 Å². The standard InChI is InChI=1S/C15H18O9/c16-6-10-12(20)13(21)14(22)15(24-10)23-9-5-7(1-3-8(9)17)2-4-11(18)19/h1-5,10,12-17,20-22H,6H2,(H,18,19)/t10-,12-,13+,14-,15-/m0/s1. The van der Waals surface area contributed by atoms with Crippen molar-refractivity contribution in [3.05, 3.63) is 29.8 Å². The molecule has 0 spiro atoms. The molecule has 6 N–H and O–H groups in total. The Balaban J connectivity index is 2.20. The molecule has 0 aromatic heterocycles. The number of carbonyl (C=O) groups is 1. The number of aliphatic hydroxyl groups excluding tert-OH is 4. The van der Waals surface area contributed by atoms with E-state index in [4.69, 9.17) is 19.7 Å². The van der Waals surface area contributed by atoms with Crippen molar-refractivity contribution in [2.45, 2.75) is 30.7 Å². The van der Waals surface area contributed by atoms with Crippen LogP contribution in [0.1, 0.15) is 5.56 Å². The van der Waals surface area contributed by atoms with Crippen molar-refractivity contribution in [2.75, 3.05) is 6.61 Å². The number of carboxylic acids is 1. The molecule has 1 saturated heterocycles. The third kappa shape index (κ3) is 4.02. The van der Waals surface area contributed by atoms with E-state index < -0.39 is 43.3 Å². The highest BCUT2D eigenvalue weighted by Crippen LogP contribution is 2.31. The molecule has 2 rings (SSSR count). The predicted molar refractivity (Wildman–Crippen MR) is 79.2 cm³/mol. The van der Waals surface area contributed by atoms with Crippen LogP contribution in [0, 0.1) is 0 Å². The molecule has 1 aliphatic heterocycles. The summed E-state index contributed by atoms with van der Waals surface area (Å²) in [5.74, 6) is -1.59. The summed E-state index contributed by atoms with van der Waals surface area (Å²) in [5, 5.41) is 56.8. The van der Waals surface area contributed by atoms with Gasteiger partial charge in [0.25, 0.3) is 0 Å². The van der Waals surface area contributed by atoms with Gasteiger partial charge in [-0.3, -0.25) is 0 Å². The van der Waals surface area contributed by atoms with Gasteiger partial charge in [-0.15, -0.1) is 0 Å². The Morgan fingerprint density at radius 3 is 2.54 bits per heavy atom. The lowest BCUT2D eigenvalue weighted by Gasteiger charge is -2.39. The minimum atomic E-state index is -1.62. The monoisotopic (exact) mass is 342 g/mol. The summed E-state index contributed by atoms with van der Waals surface area (Å²) in [5.41, 5.74) is 0.398. The van der Waals surface area contributed by atoms with Crippen LogP contribution >= 0.6 is 0 Å². The van der Waals surface area contributed by atoms with Gasteiger partial charge in [0, 0.05) is 6.08 Å². The molecule has 0 amide bonds. The predicted octanol–water partition coefficient (Wildman–Crippen LogP) is -1.33. The SMILES string of the molecule is O=C(O)C=Cc1ccc(O)c(O[C@H]2O[C@@H](CO)[C@H](O)[C@@H](O)[C@@H]2O)c1. The van der Waals surface area contributed by atoms with Crippen molar-refractivity contribution in [3.63, 3.8) is 0 Å². The van der Waals surface area contributed by atoms with Gasteiger partial charge in [0.15, 0.2) is 11.5 Å². The first kappa shape index (κ1) is 18.2. The second-order valence-electron chi connectivity index (χ2n) is 5.21. The van der Waals surface area contributed by atoms with Crippen LogP contribution in [0.3, 0.4) is 0 Å². The van der Waals surface area contributed by atoms with Crippen LogP contribution in [0.5, 0.6) is 11.5 Å². The Kier molecular flexibility index (Phi) is 5.75. The van der Waals surface area contributed by atoms with Gasteiger partial charge in [-0.05, 0) is 23.8 Å². The lowest BCUT2D eigenvalue weighted by Crippen LogP contribution is -2.60. The van der Waals surface area contributed by atoms with Crippen LogP contribution in [0.15, 0.2) is 24.3 Å². The Bertz CT molecular complexity index is 613. The minimum absolute atomic E-state index is 0.133. The molecule has 9 heteroatoms. The first-order chi connectivity index (χ1) is 11.3. The molecule has 1 heterocycles. The second kappa shape index (κ2) is 7.60. The molecule has 9 nitrogen and oxygen atoms in total. The molecule has 5 atom stereocenters. The number of ether oxygens (including phenoxy) is 2. The van der Waals surface area contributed by atoms with Crippen LogP contribution in [0.2, 0.25) is 0 Å². The van der Waals surface area contributed by atoms with Crippen LogP contribution in [-0.4, -0.2) is 73.9 Å². The van der Waals surface area contributed by atoms with Crippen molar-refractivity contribution in [1.82, 2.24) is 0 Å². The summed E-state index contributed by atoms with van der Waals surface area (Å²) < 4.78 is 10.5. The molecule has 1 aromatic carbocycles. The molecule has 24 heavy (non-hydrogen) atoms. The summed E-state index contributed by atoms with van der Waals surface area (Å²) in [6.07, 6.45) is -5.20. The van der Waals surface area contributed by atoms with E-state index in [0.717, 1.165) is 6.08 Å². The maximum atomic E-state index is 10.5. The van der Waals surface area contributed by atoms with Crippen molar-refractivity contribution < 1.29 is 44.9 Å². The van der Waals surface area contributed by atoms with Gasteiger partial charge in [0.2, 0.25) is 6.29 Å². The number of benzene rings is 1.